The van der Waals surface area contributed by atoms with Gasteiger partial charge in [0.2, 0.25) is 0 Å². The zero-order chi connectivity index (χ0) is 12.7. The second-order valence-electron chi connectivity index (χ2n) is 4.77. The van der Waals surface area contributed by atoms with Gasteiger partial charge in [-0.05, 0) is 30.0 Å². The first-order chi connectivity index (χ1) is 8.65. The van der Waals surface area contributed by atoms with Crippen LogP contribution in [0, 0.1) is 5.92 Å². The van der Waals surface area contributed by atoms with E-state index in [1.165, 1.54) is 0 Å². The van der Waals surface area contributed by atoms with E-state index in [2.05, 4.69) is 27.8 Å². The van der Waals surface area contributed by atoms with Crippen molar-refractivity contribution in [3.63, 3.8) is 0 Å². The number of alkyl halides is 1. The third-order valence-corrected chi connectivity index (χ3v) is 4.55. The molecule has 3 atom stereocenters. The van der Waals surface area contributed by atoms with Crippen molar-refractivity contribution in [3.8, 4) is 0 Å². The fourth-order valence-electron chi connectivity index (χ4n) is 2.41. The van der Waals surface area contributed by atoms with Gasteiger partial charge in [-0.25, -0.2) is 4.79 Å². The molecule has 4 nitrogen and oxygen atoms in total. The van der Waals surface area contributed by atoms with Gasteiger partial charge in [0, 0.05) is 6.61 Å². The minimum absolute atomic E-state index is 0.125. The SMILES string of the molecule is CC1CCOC1C(Br)c1ccc2[nH]c(=O)oc2c1. The number of H-pyrrole nitrogens is 1. The highest BCUT2D eigenvalue weighted by Crippen LogP contribution is 2.37. The average Bonchev–Trinajstić information content (AvgIpc) is 2.91. The highest BCUT2D eigenvalue weighted by Gasteiger charge is 2.31. The largest absolute Gasteiger partial charge is 0.417 e. The highest BCUT2D eigenvalue weighted by molar-refractivity contribution is 9.09. The molecule has 2 aromatic rings. The molecule has 1 saturated heterocycles. The molecular formula is C13H14BrNO3. The Labute approximate surface area is 112 Å². The van der Waals surface area contributed by atoms with Gasteiger partial charge in [0.1, 0.15) is 0 Å². The fraction of sp³-hybridized carbons (Fsp3) is 0.462. The van der Waals surface area contributed by atoms with E-state index in [4.69, 9.17) is 9.15 Å². The van der Waals surface area contributed by atoms with Crippen molar-refractivity contribution in [2.24, 2.45) is 5.92 Å². The summed E-state index contributed by atoms with van der Waals surface area (Å²) in [4.78, 5) is 13.9. The molecule has 1 aliphatic rings. The van der Waals surface area contributed by atoms with Gasteiger partial charge in [-0.2, -0.15) is 0 Å². The van der Waals surface area contributed by atoms with Gasteiger partial charge >= 0.3 is 5.76 Å². The third-order valence-electron chi connectivity index (χ3n) is 3.50. The first kappa shape index (κ1) is 12.0. The number of aromatic amines is 1. The predicted octanol–water partition coefficient (Wildman–Crippen LogP) is 2.98. The number of rotatable bonds is 2. The van der Waals surface area contributed by atoms with Crippen LogP contribution in [-0.2, 0) is 4.74 Å². The topological polar surface area (TPSA) is 55.2 Å². The summed E-state index contributed by atoms with van der Waals surface area (Å²) in [5, 5.41) is 0. The molecule has 1 aromatic carbocycles. The monoisotopic (exact) mass is 311 g/mol. The molecule has 0 amide bonds. The van der Waals surface area contributed by atoms with E-state index in [9.17, 15) is 4.79 Å². The van der Waals surface area contributed by atoms with Crippen LogP contribution >= 0.6 is 15.9 Å². The van der Waals surface area contributed by atoms with Gasteiger partial charge in [0.25, 0.3) is 0 Å². The molecule has 3 unspecified atom stereocenters. The number of hydrogen-bond acceptors (Lipinski definition) is 3. The Kier molecular flexibility index (Phi) is 3.03. The van der Waals surface area contributed by atoms with Crippen LogP contribution in [0.15, 0.2) is 27.4 Å². The Hall–Kier alpha value is -1.07. The lowest BCUT2D eigenvalue weighted by atomic mass is 9.97. The number of fused-ring (bicyclic) bond motifs is 1. The van der Waals surface area contributed by atoms with Crippen LogP contribution in [0.5, 0.6) is 0 Å². The van der Waals surface area contributed by atoms with Gasteiger partial charge in [0.15, 0.2) is 5.58 Å². The lowest BCUT2D eigenvalue weighted by molar-refractivity contribution is 0.0935. The molecule has 0 radical (unpaired) electrons. The van der Waals surface area contributed by atoms with E-state index in [1.807, 2.05) is 18.2 Å². The summed E-state index contributed by atoms with van der Waals surface area (Å²) in [7, 11) is 0. The summed E-state index contributed by atoms with van der Waals surface area (Å²) < 4.78 is 10.8. The highest BCUT2D eigenvalue weighted by atomic mass is 79.9. The Balaban J connectivity index is 1.95. The van der Waals surface area contributed by atoms with Gasteiger partial charge in [-0.1, -0.05) is 28.9 Å². The van der Waals surface area contributed by atoms with Crippen LogP contribution in [0.3, 0.4) is 0 Å². The minimum Gasteiger partial charge on any atom is -0.408 e. The quantitative estimate of drug-likeness (QED) is 0.867. The standard InChI is InChI=1S/C13H14BrNO3/c1-7-4-5-17-12(7)11(14)8-2-3-9-10(6-8)18-13(16)15-9/h2-3,6-7,11-12H,4-5H2,1H3,(H,15,16). The summed E-state index contributed by atoms with van der Waals surface area (Å²) >= 11 is 3.69. The summed E-state index contributed by atoms with van der Waals surface area (Å²) in [6.45, 7) is 3.01. The zero-order valence-corrected chi connectivity index (χ0v) is 11.6. The van der Waals surface area contributed by atoms with Crippen LogP contribution in [0.2, 0.25) is 0 Å². The van der Waals surface area contributed by atoms with Crippen molar-refractivity contribution in [2.75, 3.05) is 6.61 Å². The lowest BCUT2D eigenvalue weighted by Crippen LogP contribution is -2.19. The van der Waals surface area contributed by atoms with Gasteiger partial charge in [-0.3, -0.25) is 4.98 Å². The number of hydrogen-bond donors (Lipinski definition) is 1. The molecule has 18 heavy (non-hydrogen) atoms. The molecule has 3 rings (SSSR count). The van der Waals surface area contributed by atoms with Crippen LogP contribution in [0.1, 0.15) is 23.7 Å². The predicted molar refractivity (Wildman–Crippen MR) is 72.0 cm³/mol. The van der Waals surface area contributed by atoms with Gasteiger partial charge in [0.05, 0.1) is 16.4 Å². The van der Waals surface area contributed by atoms with Crippen molar-refractivity contribution < 1.29 is 9.15 Å². The second-order valence-corrected chi connectivity index (χ2v) is 5.76. The smallest absolute Gasteiger partial charge is 0.408 e. The molecule has 0 aliphatic carbocycles. The molecule has 0 spiro atoms. The molecule has 1 aliphatic heterocycles. The maximum atomic E-state index is 11.1. The van der Waals surface area contributed by atoms with E-state index < -0.39 is 5.76 Å². The van der Waals surface area contributed by atoms with Crippen LogP contribution in [0.25, 0.3) is 11.1 Å². The van der Waals surface area contributed by atoms with E-state index in [0.717, 1.165) is 24.1 Å². The number of aromatic nitrogens is 1. The molecule has 1 N–H and O–H groups in total. The van der Waals surface area contributed by atoms with E-state index in [-0.39, 0.29) is 10.9 Å². The van der Waals surface area contributed by atoms with Gasteiger partial charge < -0.3 is 9.15 Å². The molecule has 0 bridgehead atoms. The van der Waals surface area contributed by atoms with Crippen molar-refractivity contribution in [3.05, 3.63) is 34.3 Å². The number of halogens is 1. The Bertz CT molecular complexity index is 618. The Morgan fingerprint density at radius 1 is 1.50 bits per heavy atom. The number of nitrogens with one attached hydrogen (secondary N) is 1. The Morgan fingerprint density at radius 2 is 2.33 bits per heavy atom. The molecule has 96 valence electrons. The van der Waals surface area contributed by atoms with Crippen molar-refractivity contribution >= 4 is 27.0 Å². The zero-order valence-electron chi connectivity index (χ0n) is 9.98. The van der Waals surface area contributed by atoms with Crippen LogP contribution in [0.4, 0.5) is 0 Å². The van der Waals surface area contributed by atoms with E-state index >= 15 is 0 Å². The fourth-order valence-corrected chi connectivity index (χ4v) is 3.37. The van der Waals surface area contributed by atoms with Crippen molar-refractivity contribution in [1.82, 2.24) is 4.98 Å². The Morgan fingerprint density at radius 3 is 3.06 bits per heavy atom. The molecule has 2 heterocycles. The molecule has 1 aromatic heterocycles. The van der Waals surface area contributed by atoms with E-state index in [1.54, 1.807) is 0 Å². The average molecular weight is 312 g/mol. The molecular weight excluding hydrogens is 298 g/mol. The van der Waals surface area contributed by atoms with Gasteiger partial charge in [-0.15, -0.1) is 0 Å². The summed E-state index contributed by atoms with van der Waals surface area (Å²) in [6, 6.07) is 5.74. The normalized spacial score (nSPS) is 25.7. The molecule has 1 fully saturated rings. The first-order valence-corrected chi connectivity index (χ1v) is 6.95. The lowest BCUT2D eigenvalue weighted by Gasteiger charge is -2.21. The summed E-state index contributed by atoms with van der Waals surface area (Å²) in [5.41, 5.74) is 2.39. The molecule has 5 heteroatoms. The number of oxazole rings is 1. The van der Waals surface area contributed by atoms with Crippen LogP contribution in [-0.4, -0.2) is 17.7 Å². The maximum absolute atomic E-state index is 11.1. The minimum atomic E-state index is -0.418. The van der Waals surface area contributed by atoms with E-state index in [0.29, 0.717) is 11.5 Å². The molecule has 0 saturated carbocycles. The number of benzene rings is 1. The number of ether oxygens (including phenoxy) is 1. The van der Waals surface area contributed by atoms with Crippen LogP contribution < -0.4 is 5.76 Å². The van der Waals surface area contributed by atoms with Crippen molar-refractivity contribution in [2.45, 2.75) is 24.3 Å². The van der Waals surface area contributed by atoms with Crippen molar-refractivity contribution in [1.29, 1.82) is 0 Å². The maximum Gasteiger partial charge on any atom is 0.417 e. The first-order valence-electron chi connectivity index (χ1n) is 6.03. The summed E-state index contributed by atoms with van der Waals surface area (Å²) in [5.74, 6) is 0.113. The second kappa shape index (κ2) is 4.55. The summed E-state index contributed by atoms with van der Waals surface area (Å²) in [6.07, 6.45) is 1.27. The third kappa shape index (κ3) is 2.01.